The smallest absolute Gasteiger partial charge is 0.0920 e. The van der Waals surface area contributed by atoms with Crippen LogP contribution in [0.1, 0.15) is 127 Å². The zero-order chi connectivity index (χ0) is 41.5. The molecule has 0 aliphatic carbocycles. The van der Waals surface area contributed by atoms with Gasteiger partial charge in [0.05, 0.1) is 9.52 Å². The molecule has 1 aliphatic heterocycles. The van der Waals surface area contributed by atoms with Crippen LogP contribution < -0.4 is 10.4 Å². The van der Waals surface area contributed by atoms with Crippen molar-refractivity contribution in [1.82, 2.24) is 0 Å². The Kier molecular flexibility index (Phi) is 15.8. The van der Waals surface area contributed by atoms with E-state index in [1.165, 1.54) is 113 Å². The van der Waals surface area contributed by atoms with Crippen molar-refractivity contribution >= 4 is 41.4 Å². The SMILES string of the molecule is CCC(C)c1cc2c(-c3ccccc3C(C)CC)cccc2[cH-]1.CCC(C)c1cc2c(-c3ccccc3C(C)CC)cccc2[cH-]1.[Hf].[c-]1cccc2c1[Si]c1ccccc1-2. The zero-order valence-electron chi connectivity index (χ0n) is 37.1. The Balaban J connectivity index is 0.000000155. The largest absolute Gasteiger partial charge is 0.184 e. The molecule has 0 amide bonds. The van der Waals surface area contributed by atoms with Crippen LogP contribution in [0.5, 0.6) is 0 Å². The molecule has 304 valence electrons. The molecular weight excluding hydrogens is 903 g/mol. The summed E-state index contributed by atoms with van der Waals surface area (Å²) in [4.78, 5) is 0. The normalized spacial score (nSPS) is 13.5. The van der Waals surface area contributed by atoms with Crippen molar-refractivity contribution in [3.63, 3.8) is 0 Å². The van der Waals surface area contributed by atoms with Gasteiger partial charge in [0.2, 0.25) is 0 Å². The molecule has 0 nitrogen and oxygen atoms in total. The van der Waals surface area contributed by atoms with Gasteiger partial charge in [0.1, 0.15) is 0 Å². The van der Waals surface area contributed by atoms with E-state index in [9.17, 15) is 0 Å². The molecular formula is C58H61HfSi-3. The van der Waals surface area contributed by atoms with Crippen LogP contribution in [-0.2, 0) is 25.8 Å². The predicted octanol–water partition coefficient (Wildman–Crippen LogP) is 15.6. The molecule has 4 unspecified atom stereocenters. The van der Waals surface area contributed by atoms with Crippen LogP contribution >= 0.6 is 0 Å². The number of fused-ring (bicyclic) bond motifs is 5. The molecule has 9 rings (SSSR count). The first-order chi connectivity index (χ1) is 28.8. The zero-order valence-corrected chi connectivity index (χ0v) is 41.7. The Bertz CT molecular complexity index is 2440. The van der Waals surface area contributed by atoms with Gasteiger partial charge >= 0.3 is 0 Å². The first kappa shape index (κ1) is 45.2. The van der Waals surface area contributed by atoms with E-state index < -0.39 is 0 Å². The van der Waals surface area contributed by atoms with Crippen LogP contribution in [0, 0.1) is 6.07 Å². The fourth-order valence-corrected chi connectivity index (χ4v) is 9.85. The standard InChI is InChI=1S/2C23H27.C12H7Si.Hf/c2*1-5-16(3)19-14-18-10-9-13-22(23(18)15-19)21-12-8-7-11-20(21)17(4)6-2;1-3-7-11-9(5-1)10-6-2-4-8-12(10)13-11;/h2*7-17H,5-6H2,1-4H3;1-7H;/q3*-1;. The van der Waals surface area contributed by atoms with Crippen LogP contribution in [0.2, 0.25) is 0 Å². The van der Waals surface area contributed by atoms with Gasteiger partial charge < -0.3 is 0 Å². The van der Waals surface area contributed by atoms with Gasteiger partial charge in [-0.25, -0.2) is 0 Å². The molecule has 0 N–H and O–H groups in total. The van der Waals surface area contributed by atoms with Crippen molar-refractivity contribution in [2.75, 3.05) is 0 Å². The summed E-state index contributed by atoms with van der Waals surface area (Å²) in [6.07, 6.45) is 4.72. The summed E-state index contributed by atoms with van der Waals surface area (Å²) in [5.74, 6) is 2.43. The molecule has 8 aromatic carbocycles. The van der Waals surface area contributed by atoms with E-state index >= 15 is 0 Å². The summed E-state index contributed by atoms with van der Waals surface area (Å²) in [7, 11) is 0.795. The Morgan fingerprint density at radius 2 is 0.867 bits per heavy atom. The maximum absolute atomic E-state index is 3.31. The van der Waals surface area contributed by atoms with Crippen LogP contribution in [0.4, 0.5) is 0 Å². The van der Waals surface area contributed by atoms with Gasteiger partial charge in [-0.1, -0.05) is 175 Å². The molecule has 4 atom stereocenters. The average Bonchev–Trinajstić information content (AvgIpc) is 4.04. The second-order valence-corrected chi connectivity index (χ2v) is 18.0. The molecule has 1 aliphatic rings. The summed E-state index contributed by atoms with van der Waals surface area (Å²) in [5, 5.41) is 8.37. The average molecular weight is 965 g/mol. The molecule has 60 heavy (non-hydrogen) atoms. The Morgan fingerprint density at radius 3 is 1.35 bits per heavy atom. The quantitative estimate of drug-likeness (QED) is 0.0946. The van der Waals surface area contributed by atoms with E-state index in [2.05, 4.69) is 207 Å². The first-order valence-electron chi connectivity index (χ1n) is 22.2. The van der Waals surface area contributed by atoms with Crippen LogP contribution in [0.3, 0.4) is 0 Å². The third-order valence-electron chi connectivity index (χ3n) is 13.0. The van der Waals surface area contributed by atoms with E-state index in [4.69, 9.17) is 0 Å². The molecule has 0 saturated carbocycles. The van der Waals surface area contributed by atoms with Gasteiger partial charge in [0.25, 0.3) is 0 Å². The van der Waals surface area contributed by atoms with E-state index in [1.54, 1.807) is 0 Å². The number of hydrogen-bond acceptors (Lipinski definition) is 0. The summed E-state index contributed by atoms with van der Waals surface area (Å²) in [5.41, 5.74) is 14.2. The van der Waals surface area contributed by atoms with Crippen molar-refractivity contribution in [3.8, 4) is 33.4 Å². The summed E-state index contributed by atoms with van der Waals surface area (Å²) < 4.78 is 0. The maximum atomic E-state index is 3.31. The number of rotatable bonds is 10. The van der Waals surface area contributed by atoms with Gasteiger partial charge in [0, 0.05) is 25.8 Å². The van der Waals surface area contributed by atoms with Gasteiger partial charge in [0.15, 0.2) is 0 Å². The molecule has 0 spiro atoms. The minimum absolute atomic E-state index is 0. The fourth-order valence-electron chi connectivity index (χ4n) is 8.54. The molecule has 0 fully saturated rings. The second-order valence-electron chi connectivity index (χ2n) is 16.7. The minimum Gasteiger partial charge on any atom is -0.184 e. The van der Waals surface area contributed by atoms with E-state index in [0.29, 0.717) is 23.7 Å². The third kappa shape index (κ3) is 9.72. The molecule has 0 bridgehead atoms. The Labute approximate surface area is 382 Å². The first-order valence-corrected chi connectivity index (χ1v) is 23.2. The number of benzene rings is 6. The molecule has 8 aromatic rings. The van der Waals surface area contributed by atoms with Crippen molar-refractivity contribution < 1.29 is 25.8 Å². The van der Waals surface area contributed by atoms with E-state index in [-0.39, 0.29) is 25.8 Å². The van der Waals surface area contributed by atoms with Gasteiger partial charge in [-0.05, 0) is 58.8 Å². The van der Waals surface area contributed by atoms with Crippen LogP contribution in [0.25, 0.3) is 54.9 Å². The van der Waals surface area contributed by atoms with Crippen molar-refractivity contribution in [3.05, 3.63) is 180 Å². The minimum atomic E-state index is 0. The van der Waals surface area contributed by atoms with Gasteiger partial charge in [-0.15, -0.1) is 74.6 Å². The van der Waals surface area contributed by atoms with Gasteiger partial charge in [-0.3, -0.25) is 0 Å². The van der Waals surface area contributed by atoms with E-state index in [0.717, 1.165) is 9.52 Å². The number of hydrogen-bond donors (Lipinski definition) is 0. The summed E-state index contributed by atoms with van der Waals surface area (Å²) in [6.45, 7) is 18.4. The Hall–Kier alpha value is -4.37. The molecule has 0 saturated heterocycles. The van der Waals surface area contributed by atoms with Crippen molar-refractivity contribution in [2.45, 2.75) is 105 Å². The fraction of sp³-hybridized carbons (Fsp3) is 0.276. The monoisotopic (exact) mass is 965 g/mol. The van der Waals surface area contributed by atoms with Gasteiger partial charge in [-0.2, -0.15) is 41.6 Å². The summed E-state index contributed by atoms with van der Waals surface area (Å²) >= 11 is 0. The molecule has 0 aromatic heterocycles. The van der Waals surface area contributed by atoms with Crippen molar-refractivity contribution in [1.29, 1.82) is 0 Å². The molecule has 2 radical (unpaired) electrons. The van der Waals surface area contributed by atoms with E-state index in [1.807, 2.05) is 6.07 Å². The topological polar surface area (TPSA) is 0 Å². The third-order valence-corrected chi connectivity index (χ3v) is 14.4. The predicted molar refractivity (Wildman–Crippen MR) is 261 cm³/mol. The Morgan fingerprint density at radius 1 is 0.450 bits per heavy atom. The maximum Gasteiger partial charge on any atom is 0.0920 e. The molecule has 1 heterocycles. The molecule has 2 heteroatoms. The van der Waals surface area contributed by atoms with Crippen LogP contribution in [-0.4, -0.2) is 9.52 Å². The van der Waals surface area contributed by atoms with Crippen LogP contribution in [0.15, 0.2) is 152 Å². The second kappa shape index (κ2) is 20.9. The summed E-state index contributed by atoms with van der Waals surface area (Å²) in [6, 6.07) is 59.0. The van der Waals surface area contributed by atoms with Crippen molar-refractivity contribution in [2.24, 2.45) is 0 Å².